The zero-order valence-electron chi connectivity index (χ0n) is 16.9. The minimum absolute atomic E-state index is 0.164. The second-order valence-electron chi connectivity index (χ2n) is 7.20. The van der Waals surface area contributed by atoms with E-state index < -0.39 is 15.8 Å². The van der Waals surface area contributed by atoms with Crippen molar-refractivity contribution in [1.29, 1.82) is 0 Å². The van der Waals surface area contributed by atoms with Gasteiger partial charge < -0.3 is 14.0 Å². The Hall–Kier alpha value is -2.82. The van der Waals surface area contributed by atoms with Gasteiger partial charge in [0, 0.05) is 24.8 Å². The summed E-state index contributed by atoms with van der Waals surface area (Å²) in [4.78, 5) is 4.24. The molecule has 1 aliphatic heterocycles. The average Bonchev–Trinajstić information content (AvgIpc) is 3.41. The third-order valence-electron chi connectivity index (χ3n) is 4.95. The summed E-state index contributed by atoms with van der Waals surface area (Å²) in [5, 5.41) is 3.91. The first-order chi connectivity index (χ1) is 14.9. The normalized spacial score (nSPS) is 17.2. The minimum Gasteiger partial charge on any atom is -0.489 e. The van der Waals surface area contributed by atoms with Crippen LogP contribution in [0.3, 0.4) is 0 Å². The molecular formula is C21H22FN3O5S. The highest BCUT2D eigenvalue weighted by Crippen LogP contribution is 2.25. The smallest absolute Gasteiger partial charge is 0.252 e. The molecule has 0 N–H and O–H groups in total. The molecule has 164 valence electrons. The first-order valence-corrected chi connectivity index (χ1v) is 11.4. The fourth-order valence-electron chi connectivity index (χ4n) is 3.38. The Morgan fingerprint density at radius 3 is 2.71 bits per heavy atom. The molecule has 2 aromatic carbocycles. The largest absolute Gasteiger partial charge is 0.489 e. The topological polar surface area (TPSA) is 94.8 Å². The first kappa shape index (κ1) is 21.4. The summed E-state index contributed by atoms with van der Waals surface area (Å²) in [6, 6.07) is 13.1. The van der Waals surface area contributed by atoms with Crippen molar-refractivity contribution in [3.63, 3.8) is 0 Å². The maximum atomic E-state index is 13.8. The molecule has 0 amide bonds. The second kappa shape index (κ2) is 9.13. The van der Waals surface area contributed by atoms with Crippen LogP contribution >= 0.6 is 0 Å². The molecule has 1 aliphatic rings. The van der Waals surface area contributed by atoms with Gasteiger partial charge >= 0.3 is 0 Å². The Morgan fingerprint density at radius 1 is 1.19 bits per heavy atom. The number of hydrogen-bond donors (Lipinski definition) is 0. The summed E-state index contributed by atoms with van der Waals surface area (Å²) >= 11 is 0. The van der Waals surface area contributed by atoms with Crippen molar-refractivity contribution in [2.45, 2.75) is 24.9 Å². The number of halogens is 1. The highest BCUT2D eigenvalue weighted by atomic mass is 32.2. The van der Waals surface area contributed by atoms with E-state index in [4.69, 9.17) is 14.0 Å². The van der Waals surface area contributed by atoms with Gasteiger partial charge in [0.25, 0.3) is 5.89 Å². The maximum absolute atomic E-state index is 13.8. The van der Waals surface area contributed by atoms with Crippen LogP contribution in [0.1, 0.15) is 17.9 Å². The molecule has 1 atom stereocenters. The predicted molar refractivity (Wildman–Crippen MR) is 110 cm³/mol. The Morgan fingerprint density at radius 2 is 1.97 bits per heavy atom. The Balaban J connectivity index is 1.36. The molecule has 4 rings (SSSR count). The fourth-order valence-corrected chi connectivity index (χ4v) is 4.97. The molecular weight excluding hydrogens is 425 g/mol. The number of sulfonamides is 1. The summed E-state index contributed by atoms with van der Waals surface area (Å²) in [7, 11) is -2.08. The van der Waals surface area contributed by atoms with E-state index >= 15 is 0 Å². The van der Waals surface area contributed by atoms with Crippen LogP contribution in [-0.4, -0.2) is 49.2 Å². The van der Waals surface area contributed by atoms with Gasteiger partial charge in [0.2, 0.25) is 15.8 Å². The lowest BCUT2D eigenvalue weighted by molar-refractivity contribution is 0.151. The van der Waals surface area contributed by atoms with Crippen LogP contribution in [0.2, 0.25) is 0 Å². The molecule has 1 saturated heterocycles. The monoisotopic (exact) mass is 447 g/mol. The number of nitrogens with zero attached hydrogens (tertiary/aromatic N) is 3. The molecule has 1 unspecified atom stereocenters. The molecule has 0 aliphatic carbocycles. The van der Waals surface area contributed by atoms with Crippen molar-refractivity contribution in [3.05, 3.63) is 65.8 Å². The van der Waals surface area contributed by atoms with Crippen molar-refractivity contribution in [2.75, 3.05) is 20.2 Å². The lowest BCUT2D eigenvalue weighted by Gasteiger charge is -2.17. The molecule has 10 heteroatoms. The first-order valence-electron chi connectivity index (χ1n) is 9.74. The molecule has 1 aromatic heterocycles. The summed E-state index contributed by atoms with van der Waals surface area (Å²) in [6.45, 7) is 0.806. The van der Waals surface area contributed by atoms with E-state index in [2.05, 4.69) is 10.1 Å². The van der Waals surface area contributed by atoms with Gasteiger partial charge in [-0.1, -0.05) is 23.4 Å². The Kier molecular flexibility index (Phi) is 6.30. The molecule has 0 radical (unpaired) electrons. The van der Waals surface area contributed by atoms with Crippen molar-refractivity contribution < 1.29 is 26.8 Å². The van der Waals surface area contributed by atoms with Gasteiger partial charge in [-0.3, -0.25) is 0 Å². The van der Waals surface area contributed by atoms with Crippen molar-refractivity contribution in [1.82, 2.24) is 14.4 Å². The maximum Gasteiger partial charge on any atom is 0.252 e. The Labute approximate surface area is 179 Å². The zero-order chi connectivity index (χ0) is 21.8. The number of methoxy groups -OCH3 is 1. The van der Waals surface area contributed by atoms with Gasteiger partial charge in [-0.2, -0.15) is 9.29 Å². The zero-order valence-corrected chi connectivity index (χ0v) is 17.7. The highest BCUT2D eigenvalue weighted by molar-refractivity contribution is 7.88. The van der Waals surface area contributed by atoms with Crippen molar-refractivity contribution in [2.24, 2.45) is 0 Å². The van der Waals surface area contributed by atoms with Crippen LogP contribution in [0, 0.1) is 5.82 Å². The van der Waals surface area contributed by atoms with Crippen LogP contribution in [0.5, 0.6) is 5.75 Å². The highest BCUT2D eigenvalue weighted by Gasteiger charge is 2.33. The van der Waals surface area contributed by atoms with Crippen LogP contribution < -0.4 is 4.74 Å². The van der Waals surface area contributed by atoms with E-state index in [1.807, 2.05) is 0 Å². The number of ether oxygens (including phenoxy) is 2. The van der Waals surface area contributed by atoms with E-state index in [0.717, 1.165) is 5.56 Å². The molecule has 0 saturated carbocycles. The Bertz CT molecular complexity index is 1130. The summed E-state index contributed by atoms with van der Waals surface area (Å²) < 4.78 is 56.5. The summed E-state index contributed by atoms with van der Waals surface area (Å²) in [5.74, 6) is 0.568. The fraction of sp³-hybridized carbons (Fsp3) is 0.333. The van der Waals surface area contributed by atoms with E-state index in [9.17, 15) is 12.8 Å². The number of aromatic nitrogens is 2. The third kappa shape index (κ3) is 5.09. The molecule has 8 nitrogen and oxygen atoms in total. The molecule has 0 bridgehead atoms. The molecule has 3 aromatic rings. The van der Waals surface area contributed by atoms with Gasteiger partial charge in [-0.25, -0.2) is 12.8 Å². The molecule has 2 heterocycles. The SMILES string of the molecule is COCc1nc(-c2ccc(OC3CCN(S(=O)(=O)Cc4ccccc4F)C3)cc2)no1. The third-order valence-corrected chi connectivity index (χ3v) is 6.74. The van der Waals surface area contributed by atoms with Crippen LogP contribution in [-0.2, 0) is 27.1 Å². The summed E-state index contributed by atoms with van der Waals surface area (Å²) in [5.41, 5.74) is 0.927. The van der Waals surface area contributed by atoms with Gasteiger partial charge in [0.15, 0.2) is 0 Å². The van der Waals surface area contributed by atoms with Gasteiger partial charge in [0.05, 0.1) is 12.3 Å². The van der Waals surface area contributed by atoms with Crippen LogP contribution in [0.25, 0.3) is 11.4 Å². The second-order valence-corrected chi connectivity index (χ2v) is 9.17. The van der Waals surface area contributed by atoms with Gasteiger partial charge in [-0.05, 0) is 36.8 Å². The lowest BCUT2D eigenvalue weighted by Crippen LogP contribution is -2.32. The van der Waals surface area contributed by atoms with Crippen LogP contribution in [0.15, 0.2) is 53.1 Å². The standard InChI is InChI=1S/C21H22FN3O5S/c1-28-13-20-23-21(24-30-20)15-6-8-17(9-7-15)29-18-10-11-25(12-18)31(26,27)14-16-4-2-3-5-19(16)22/h2-9,18H,10-14H2,1H3. The summed E-state index contributed by atoms with van der Waals surface area (Å²) in [6.07, 6.45) is 0.281. The van der Waals surface area contributed by atoms with Gasteiger partial charge in [0.1, 0.15) is 24.3 Å². The number of rotatable bonds is 8. The van der Waals surface area contributed by atoms with E-state index in [-0.39, 0.29) is 30.6 Å². The lowest BCUT2D eigenvalue weighted by atomic mass is 10.2. The molecule has 31 heavy (non-hydrogen) atoms. The number of hydrogen-bond acceptors (Lipinski definition) is 7. The van der Waals surface area contributed by atoms with Crippen molar-refractivity contribution >= 4 is 10.0 Å². The molecule has 0 spiro atoms. The van der Waals surface area contributed by atoms with Crippen molar-refractivity contribution in [3.8, 4) is 17.1 Å². The quantitative estimate of drug-likeness (QED) is 0.524. The van der Waals surface area contributed by atoms with Crippen LogP contribution in [0.4, 0.5) is 4.39 Å². The van der Waals surface area contributed by atoms with E-state index in [0.29, 0.717) is 30.4 Å². The predicted octanol–water partition coefficient (Wildman–Crippen LogP) is 3.01. The van der Waals surface area contributed by atoms with E-state index in [1.165, 1.54) is 22.5 Å². The van der Waals surface area contributed by atoms with E-state index in [1.54, 1.807) is 37.4 Å². The average molecular weight is 447 g/mol. The molecule has 1 fully saturated rings. The number of benzene rings is 2. The minimum atomic E-state index is -3.63. The van der Waals surface area contributed by atoms with Gasteiger partial charge in [-0.15, -0.1) is 0 Å².